The maximum atomic E-state index is 11.7. The number of carbonyl (C=O) groups is 2. The van der Waals surface area contributed by atoms with Crippen LogP contribution in [-0.4, -0.2) is 35.1 Å². The lowest BCUT2D eigenvalue weighted by Gasteiger charge is -2.20. The molecule has 1 aromatic heterocycles. The average molecular weight is 280 g/mol. The van der Waals surface area contributed by atoms with Crippen molar-refractivity contribution in [3.05, 3.63) is 18.5 Å². The van der Waals surface area contributed by atoms with Crippen molar-refractivity contribution in [1.29, 1.82) is 0 Å². The molecule has 0 aromatic carbocycles. The number of urea groups is 1. The predicted octanol–water partition coefficient (Wildman–Crippen LogP) is 1.58. The molecule has 0 bridgehead atoms. The minimum Gasteiger partial charge on any atom is -0.463 e. The fourth-order valence-electron chi connectivity index (χ4n) is 1.16. The van der Waals surface area contributed by atoms with Crippen LogP contribution >= 0.6 is 0 Å². The molecule has 0 atom stereocenters. The van der Waals surface area contributed by atoms with E-state index in [0.29, 0.717) is 6.42 Å². The first-order chi connectivity index (χ1) is 9.45. The summed E-state index contributed by atoms with van der Waals surface area (Å²) in [4.78, 5) is 30.8. The summed E-state index contributed by atoms with van der Waals surface area (Å²) in [6.07, 6.45) is 3.75. The average Bonchev–Trinajstić information content (AvgIpc) is 2.44. The van der Waals surface area contributed by atoms with Crippen LogP contribution in [0.4, 0.5) is 10.7 Å². The van der Waals surface area contributed by atoms with E-state index in [1.54, 1.807) is 6.07 Å². The number of hydrogen-bond acceptors (Lipinski definition) is 5. The maximum Gasteiger partial charge on any atom is 0.321 e. The standard InChI is InChI=1S/C13H20N4O3/c1-4-13(2,3)10(18)20-9-8-16-12(19)17-11-14-6-5-7-15-11/h5-7H,4,8-9H2,1-3H3,(H2,14,15,16,17,19). The van der Waals surface area contributed by atoms with Crippen molar-refractivity contribution in [3.8, 4) is 0 Å². The Bertz CT molecular complexity index is 448. The van der Waals surface area contributed by atoms with Gasteiger partial charge < -0.3 is 10.1 Å². The van der Waals surface area contributed by atoms with Gasteiger partial charge in [0.15, 0.2) is 0 Å². The van der Waals surface area contributed by atoms with Gasteiger partial charge in [-0.05, 0) is 26.3 Å². The van der Waals surface area contributed by atoms with Gasteiger partial charge in [0, 0.05) is 12.4 Å². The number of rotatable bonds is 6. The highest BCUT2D eigenvalue weighted by molar-refractivity contribution is 5.87. The third kappa shape index (κ3) is 5.21. The fourth-order valence-corrected chi connectivity index (χ4v) is 1.16. The van der Waals surface area contributed by atoms with Gasteiger partial charge in [-0.25, -0.2) is 14.8 Å². The third-order valence-electron chi connectivity index (χ3n) is 2.85. The van der Waals surface area contributed by atoms with Crippen LogP contribution in [0.3, 0.4) is 0 Å². The van der Waals surface area contributed by atoms with Gasteiger partial charge in [0.1, 0.15) is 6.61 Å². The second-order valence-corrected chi connectivity index (χ2v) is 4.83. The Labute approximate surface area is 118 Å². The number of ether oxygens (including phenoxy) is 1. The van der Waals surface area contributed by atoms with Crippen molar-refractivity contribution in [2.45, 2.75) is 27.2 Å². The fraction of sp³-hybridized carbons (Fsp3) is 0.538. The first-order valence-electron chi connectivity index (χ1n) is 6.45. The highest BCUT2D eigenvalue weighted by atomic mass is 16.5. The van der Waals surface area contributed by atoms with Crippen molar-refractivity contribution in [2.75, 3.05) is 18.5 Å². The Kier molecular flexibility index (Phi) is 5.89. The van der Waals surface area contributed by atoms with E-state index in [-0.39, 0.29) is 25.1 Å². The van der Waals surface area contributed by atoms with Gasteiger partial charge in [-0.15, -0.1) is 0 Å². The van der Waals surface area contributed by atoms with E-state index in [1.165, 1.54) is 12.4 Å². The molecule has 110 valence electrons. The van der Waals surface area contributed by atoms with Crippen molar-refractivity contribution in [1.82, 2.24) is 15.3 Å². The van der Waals surface area contributed by atoms with E-state index >= 15 is 0 Å². The first-order valence-corrected chi connectivity index (χ1v) is 6.45. The van der Waals surface area contributed by atoms with E-state index in [4.69, 9.17) is 4.74 Å². The second kappa shape index (κ2) is 7.42. The van der Waals surface area contributed by atoms with E-state index in [2.05, 4.69) is 20.6 Å². The number of nitrogens with one attached hydrogen (secondary N) is 2. The Hall–Kier alpha value is -2.18. The Balaban J connectivity index is 2.21. The van der Waals surface area contributed by atoms with Crippen molar-refractivity contribution >= 4 is 17.9 Å². The molecule has 2 amide bonds. The molecule has 7 heteroatoms. The molecule has 2 N–H and O–H groups in total. The minimum atomic E-state index is -0.500. The molecule has 0 saturated heterocycles. The second-order valence-electron chi connectivity index (χ2n) is 4.83. The molecule has 20 heavy (non-hydrogen) atoms. The Morgan fingerprint density at radius 2 is 1.95 bits per heavy atom. The smallest absolute Gasteiger partial charge is 0.321 e. The van der Waals surface area contributed by atoms with E-state index in [0.717, 1.165) is 0 Å². The molecule has 0 aliphatic rings. The SMILES string of the molecule is CCC(C)(C)C(=O)OCCNC(=O)Nc1ncccn1. The van der Waals surface area contributed by atoms with Crippen LogP contribution in [0.5, 0.6) is 0 Å². The number of esters is 1. The molecule has 7 nitrogen and oxygen atoms in total. The molecule has 1 aromatic rings. The number of aromatic nitrogens is 2. The van der Waals surface area contributed by atoms with Gasteiger partial charge in [0.2, 0.25) is 5.95 Å². The lowest BCUT2D eigenvalue weighted by Crippen LogP contribution is -2.34. The van der Waals surface area contributed by atoms with Crippen LogP contribution in [0.25, 0.3) is 0 Å². The lowest BCUT2D eigenvalue weighted by atomic mass is 9.91. The summed E-state index contributed by atoms with van der Waals surface area (Å²) in [7, 11) is 0. The molecule has 0 aliphatic carbocycles. The van der Waals surface area contributed by atoms with Gasteiger partial charge in [0.05, 0.1) is 12.0 Å². The number of carbonyl (C=O) groups excluding carboxylic acids is 2. The predicted molar refractivity (Wildman–Crippen MR) is 74.1 cm³/mol. The Morgan fingerprint density at radius 3 is 2.55 bits per heavy atom. The summed E-state index contributed by atoms with van der Waals surface area (Å²) >= 11 is 0. The molecule has 0 fully saturated rings. The molecular formula is C13H20N4O3. The molecule has 0 aliphatic heterocycles. The summed E-state index contributed by atoms with van der Waals surface area (Å²) in [5.41, 5.74) is -0.500. The third-order valence-corrected chi connectivity index (χ3v) is 2.85. The number of amides is 2. The van der Waals surface area contributed by atoms with Gasteiger partial charge in [0.25, 0.3) is 0 Å². The zero-order valence-electron chi connectivity index (χ0n) is 12.0. The summed E-state index contributed by atoms with van der Waals surface area (Å²) in [5, 5.41) is 5.01. The molecule has 0 unspecified atom stereocenters. The van der Waals surface area contributed by atoms with Crippen LogP contribution in [0.2, 0.25) is 0 Å². The van der Waals surface area contributed by atoms with Crippen LogP contribution in [0.1, 0.15) is 27.2 Å². The summed E-state index contributed by atoms with van der Waals surface area (Å²) < 4.78 is 5.09. The molecule has 1 rings (SSSR count). The number of nitrogens with zero attached hydrogens (tertiary/aromatic N) is 2. The van der Waals surface area contributed by atoms with Crippen LogP contribution < -0.4 is 10.6 Å². The summed E-state index contributed by atoms with van der Waals surface area (Å²) in [6, 6.07) is 1.21. The van der Waals surface area contributed by atoms with Crippen molar-refractivity contribution < 1.29 is 14.3 Å². The van der Waals surface area contributed by atoms with Crippen LogP contribution in [-0.2, 0) is 9.53 Å². The number of anilines is 1. The summed E-state index contributed by atoms with van der Waals surface area (Å²) in [5.74, 6) is -0.0530. The monoisotopic (exact) mass is 280 g/mol. The molecule has 0 spiro atoms. The van der Waals surface area contributed by atoms with E-state index in [9.17, 15) is 9.59 Å². The van der Waals surface area contributed by atoms with Crippen molar-refractivity contribution in [2.24, 2.45) is 5.41 Å². The van der Waals surface area contributed by atoms with Crippen LogP contribution in [0.15, 0.2) is 18.5 Å². The van der Waals surface area contributed by atoms with Crippen molar-refractivity contribution in [3.63, 3.8) is 0 Å². The van der Waals surface area contributed by atoms with Gasteiger partial charge in [-0.3, -0.25) is 10.1 Å². The van der Waals surface area contributed by atoms with Gasteiger partial charge in [-0.1, -0.05) is 6.92 Å². The largest absolute Gasteiger partial charge is 0.463 e. The van der Waals surface area contributed by atoms with Crippen LogP contribution in [0, 0.1) is 5.41 Å². The molecule has 0 saturated carbocycles. The van der Waals surface area contributed by atoms with E-state index < -0.39 is 11.4 Å². The Morgan fingerprint density at radius 1 is 1.30 bits per heavy atom. The quantitative estimate of drug-likeness (QED) is 0.609. The zero-order valence-corrected chi connectivity index (χ0v) is 12.0. The topological polar surface area (TPSA) is 93.2 Å². The molecule has 1 heterocycles. The molecular weight excluding hydrogens is 260 g/mol. The molecule has 0 radical (unpaired) electrons. The zero-order chi connectivity index (χ0) is 15.0. The van der Waals surface area contributed by atoms with E-state index in [1.807, 2.05) is 20.8 Å². The number of hydrogen-bond donors (Lipinski definition) is 2. The highest BCUT2D eigenvalue weighted by Crippen LogP contribution is 2.21. The minimum absolute atomic E-state index is 0.130. The maximum absolute atomic E-state index is 11.7. The highest BCUT2D eigenvalue weighted by Gasteiger charge is 2.26. The first kappa shape index (κ1) is 15.9. The normalized spacial score (nSPS) is 10.8. The van der Waals surface area contributed by atoms with Gasteiger partial charge >= 0.3 is 12.0 Å². The summed E-state index contributed by atoms with van der Waals surface area (Å²) in [6.45, 7) is 5.92. The lowest BCUT2D eigenvalue weighted by molar-refractivity contribution is -0.153. The van der Waals surface area contributed by atoms with Gasteiger partial charge in [-0.2, -0.15) is 0 Å².